The highest BCUT2D eigenvalue weighted by molar-refractivity contribution is 14.0. The van der Waals surface area contributed by atoms with Gasteiger partial charge in [-0.25, -0.2) is 0 Å². The molecule has 0 saturated carbocycles. The molecule has 0 amide bonds. The maximum atomic E-state index is 5.93. The second-order valence-electron chi connectivity index (χ2n) is 5.14. The van der Waals surface area contributed by atoms with E-state index in [2.05, 4.69) is 41.2 Å². The monoisotopic (exact) mass is 388 g/mol. The molecule has 0 bridgehead atoms. The number of rotatable bonds is 4. The quantitative estimate of drug-likeness (QED) is 0.474. The van der Waals surface area contributed by atoms with Crippen LogP contribution in [-0.2, 0) is 0 Å². The molecule has 0 radical (unpaired) electrons. The Morgan fingerprint density at radius 1 is 1.40 bits per heavy atom. The molecule has 0 aliphatic carbocycles. The van der Waals surface area contributed by atoms with Gasteiger partial charge in [0.25, 0.3) is 0 Å². The van der Waals surface area contributed by atoms with Crippen LogP contribution in [0.2, 0.25) is 0 Å². The zero-order valence-electron chi connectivity index (χ0n) is 12.3. The highest BCUT2D eigenvalue weighted by Gasteiger charge is 2.22. The van der Waals surface area contributed by atoms with Gasteiger partial charge in [0, 0.05) is 11.7 Å². The Morgan fingerprint density at radius 2 is 2.10 bits per heavy atom. The molecule has 1 saturated heterocycles. The molecule has 5 heteroatoms. The van der Waals surface area contributed by atoms with E-state index in [-0.39, 0.29) is 24.0 Å². The van der Waals surface area contributed by atoms with Crippen molar-refractivity contribution < 1.29 is 0 Å². The number of halogens is 1. The number of hydrogen-bond donors (Lipinski definition) is 2. The third kappa shape index (κ3) is 4.94. The molecule has 2 rings (SSSR count). The minimum atomic E-state index is 0. The molecule has 3 N–H and O–H groups in total. The van der Waals surface area contributed by atoms with Gasteiger partial charge < -0.3 is 11.1 Å². The molecule has 1 aromatic rings. The summed E-state index contributed by atoms with van der Waals surface area (Å²) in [5, 5.41) is 3.14. The van der Waals surface area contributed by atoms with Crippen molar-refractivity contribution >= 4 is 35.6 Å². The van der Waals surface area contributed by atoms with Gasteiger partial charge in [-0.1, -0.05) is 24.6 Å². The Bertz CT molecular complexity index is 430. The first-order valence-corrected chi connectivity index (χ1v) is 7.06. The second-order valence-corrected chi connectivity index (χ2v) is 5.14. The number of likely N-dealkylation sites (N-methyl/N-ethyl adjacent to an activating group) is 1. The molecule has 1 aliphatic heterocycles. The molecule has 0 aromatic heterocycles. The van der Waals surface area contributed by atoms with Gasteiger partial charge in [0.1, 0.15) is 0 Å². The largest absolute Gasteiger partial charge is 0.370 e. The number of hydrogen-bond acceptors (Lipinski definition) is 2. The van der Waals surface area contributed by atoms with E-state index in [0.29, 0.717) is 12.0 Å². The lowest BCUT2D eigenvalue weighted by Crippen LogP contribution is -2.33. The van der Waals surface area contributed by atoms with Crippen LogP contribution in [0.15, 0.2) is 29.3 Å². The van der Waals surface area contributed by atoms with Gasteiger partial charge >= 0.3 is 0 Å². The van der Waals surface area contributed by atoms with E-state index >= 15 is 0 Å². The summed E-state index contributed by atoms with van der Waals surface area (Å²) in [6, 6.07) is 8.72. The Kier molecular flexibility index (Phi) is 7.29. The van der Waals surface area contributed by atoms with Crippen LogP contribution >= 0.6 is 24.0 Å². The molecule has 1 fully saturated rings. The zero-order chi connectivity index (χ0) is 13.7. The van der Waals surface area contributed by atoms with Crippen molar-refractivity contribution in [3.8, 4) is 0 Å². The van der Waals surface area contributed by atoms with Crippen LogP contribution in [0, 0.1) is 6.92 Å². The van der Waals surface area contributed by atoms with Crippen LogP contribution in [0.3, 0.4) is 0 Å². The summed E-state index contributed by atoms with van der Waals surface area (Å²) >= 11 is 0. The van der Waals surface area contributed by atoms with E-state index in [9.17, 15) is 0 Å². The lowest BCUT2D eigenvalue weighted by Gasteiger charge is -2.20. The fourth-order valence-electron chi connectivity index (χ4n) is 2.55. The highest BCUT2D eigenvalue weighted by Crippen LogP contribution is 2.16. The van der Waals surface area contributed by atoms with Crippen LogP contribution in [0.25, 0.3) is 0 Å². The van der Waals surface area contributed by atoms with Crippen LogP contribution in [0.5, 0.6) is 0 Å². The molecular formula is C15H25IN4. The number of nitrogens with one attached hydrogen (secondary N) is 1. The molecule has 4 nitrogen and oxygen atoms in total. The molecule has 20 heavy (non-hydrogen) atoms. The smallest absolute Gasteiger partial charge is 0.193 e. The molecule has 0 spiro atoms. The summed E-state index contributed by atoms with van der Waals surface area (Å²) in [6.07, 6.45) is 2.51. The van der Waals surface area contributed by atoms with Crippen LogP contribution in [-0.4, -0.2) is 36.5 Å². The van der Waals surface area contributed by atoms with Gasteiger partial charge in [-0.3, -0.25) is 9.89 Å². The predicted molar refractivity (Wildman–Crippen MR) is 97.0 cm³/mol. The van der Waals surface area contributed by atoms with E-state index in [1.165, 1.54) is 24.9 Å². The average Bonchev–Trinajstić information content (AvgIpc) is 2.86. The number of guanidine groups is 1. The summed E-state index contributed by atoms with van der Waals surface area (Å²) in [6.45, 7) is 7.36. The minimum Gasteiger partial charge on any atom is -0.370 e. The Balaban J connectivity index is 0.00000200. The summed E-state index contributed by atoms with van der Waals surface area (Å²) in [5.41, 5.74) is 8.16. The number of likely N-dealkylation sites (tertiary alicyclic amines) is 1. The SMILES string of the molecule is CCN1CCCC1CN=C(N)Nc1ccc(C)cc1.I. The summed E-state index contributed by atoms with van der Waals surface area (Å²) in [4.78, 5) is 6.94. The van der Waals surface area contributed by atoms with Crippen molar-refractivity contribution in [3.05, 3.63) is 29.8 Å². The van der Waals surface area contributed by atoms with Crippen molar-refractivity contribution in [2.24, 2.45) is 10.7 Å². The van der Waals surface area contributed by atoms with E-state index in [1.807, 2.05) is 12.1 Å². The fourth-order valence-corrected chi connectivity index (χ4v) is 2.55. The van der Waals surface area contributed by atoms with E-state index < -0.39 is 0 Å². The van der Waals surface area contributed by atoms with Gasteiger partial charge in [-0.15, -0.1) is 24.0 Å². The Morgan fingerprint density at radius 3 is 2.75 bits per heavy atom. The molecule has 112 valence electrons. The standard InChI is InChI=1S/C15H24N4.HI/c1-3-19-10-4-5-14(19)11-17-15(16)18-13-8-6-12(2)7-9-13;/h6-9,14H,3-5,10-11H2,1-2H3,(H3,16,17,18);1H. The molecule has 1 heterocycles. The van der Waals surface area contributed by atoms with Gasteiger partial charge in [0.2, 0.25) is 0 Å². The molecule has 1 aromatic carbocycles. The average molecular weight is 388 g/mol. The van der Waals surface area contributed by atoms with E-state index in [4.69, 9.17) is 5.73 Å². The van der Waals surface area contributed by atoms with Crippen LogP contribution in [0.4, 0.5) is 5.69 Å². The number of anilines is 1. The maximum absolute atomic E-state index is 5.93. The van der Waals surface area contributed by atoms with Crippen LogP contribution in [0.1, 0.15) is 25.3 Å². The molecule has 1 aliphatic rings. The topological polar surface area (TPSA) is 53.6 Å². The molecule has 1 atom stereocenters. The number of nitrogens with zero attached hydrogens (tertiary/aromatic N) is 2. The molecular weight excluding hydrogens is 363 g/mol. The second kappa shape index (κ2) is 8.46. The van der Waals surface area contributed by atoms with Gasteiger partial charge in [-0.05, 0) is 45.0 Å². The molecule has 1 unspecified atom stereocenters. The minimum absolute atomic E-state index is 0. The third-order valence-electron chi connectivity index (χ3n) is 3.70. The van der Waals surface area contributed by atoms with E-state index in [0.717, 1.165) is 18.8 Å². The number of benzene rings is 1. The third-order valence-corrected chi connectivity index (χ3v) is 3.70. The fraction of sp³-hybridized carbons (Fsp3) is 0.533. The van der Waals surface area contributed by atoms with Gasteiger partial charge in [-0.2, -0.15) is 0 Å². The highest BCUT2D eigenvalue weighted by atomic mass is 127. The first-order valence-electron chi connectivity index (χ1n) is 7.06. The van der Waals surface area contributed by atoms with Crippen molar-refractivity contribution in [2.45, 2.75) is 32.7 Å². The summed E-state index contributed by atoms with van der Waals surface area (Å²) in [7, 11) is 0. The van der Waals surface area contributed by atoms with Crippen LogP contribution < -0.4 is 11.1 Å². The maximum Gasteiger partial charge on any atom is 0.193 e. The lowest BCUT2D eigenvalue weighted by molar-refractivity contribution is 0.273. The first kappa shape index (κ1) is 17.2. The number of aryl methyl sites for hydroxylation is 1. The van der Waals surface area contributed by atoms with Crippen molar-refractivity contribution in [2.75, 3.05) is 25.0 Å². The summed E-state index contributed by atoms with van der Waals surface area (Å²) < 4.78 is 0. The lowest BCUT2D eigenvalue weighted by atomic mass is 10.2. The Labute approximate surface area is 138 Å². The van der Waals surface area contributed by atoms with Crippen molar-refractivity contribution in [3.63, 3.8) is 0 Å². The van der Waals surface area contributed by atoms with Crippen molar-refractivity contribution in [1.82, 2.24) is 4.90 Å². The number of aliphatic imine (C=N–C) groups is 1. The zero-order valence-corrected chi connectivity index (χ0v) is 14.6. The normalized spacial score (nSPS) is 19.7. The van der Waals surface area contributed by atoms with E-state index in [1.54, 1.807) is 0 Å². The summed E-state index contributed by atoms with van der Waals surface area (Å²) in [5.74, 6) is 0.506. The first-order chi connectivity index (χ1) is 9.19. The van der Waals surface area contributed by atoms with Crippen molar-refractivity contribution in [1.29, 1.82) is 0 Å². The van der Waals surface area contributed by atoms with Gasteiger partial charge in [0.15, 0.2) is 5.96 Å². The number of nitrogens with two attached hydrogens (primary N) is 1. The van der Waals surface area contributed by atoms with Gasteiger partial charge in [0.05, 0.1) is 6.54 Å². The Hall–Kier alpha value is -0.820. The predicted octanol–water partition coefficient (Wildman–Crippen LogP) is 2.82.